The number of rotatable bonds is 7. The average Bonchev–Trinajstić information content (AvgIpc) is 2.81. The lowest BCUT2D eigenvalue weighted by molar-refractivity contribution is -0.147. The van der Waals surface area contributed by atoms with Gasteiger partial charge in [-0.3, -0.25) is 0 Å². The highest BCUT2D eigenvalue weighted by Crippen LogP contribution is 2.45. The van der Waals surface area contributed by atoms with Gasteiger partial charge >= 0.3 is 13.1 Å². The van der Waals surface area contributed by atoms with Crippen molar-refractivity contribution in [2.24, 2.45) is 11.7 Å². The molecule has 0 aromatic heterocycles. The molecule has 0 saturated carbocycles. The SMILES string of the molecule is CN[C@@]1(C(=O)O)c2c(F)cc(CN)cc2C[C@@H]1CCCB(O)O. The molecule has 8 heteroatoms. The van der Waals surface area contributed by atoms with Crippen LogP contribution in [0.15, 0.2) is 12.1 Å². The molecule has 0 radical (unpaired) electrons. The summed E-state index contributed by atoms with van der Waals surface area (Å²) in [4.78, 5) is 12.0. The predicted octanol–water partition coefficient (Wildman–Crippen LogP) is 0.209. The third-order valence-electron chi connectivity index (χ3n) is 4.69. The van der Waals surface area contributed by atoms with Gasteiger partial charge in [-0.1, -0.05) is 12.5 Å². The van der Waals surface area contributed by atoms with E-state index in [0.29, 0.717) is 30.4 Å². The molecule has 0 amide bonds. The first-order valence-corrected chi connectivity index (χ1v) is 7.67. The maximum atomic E-state index is 14.6. The Kier molecular flexibility index (Phi) is 5.41. The number of nitrogens with one attached hydrogen (secondary N) is 1. The van der Waals surface area contributed by atoms with E-state index >= 15 is 0 Å². The zero-order valence-corrected chi connectivity index (χ0v) is 13.1. The van der Waals surface area contributed by atoms with E-state index < -0.39 is 24.4 Å². The maximum absolute atomic E-state index is 14.6. The molecule has 6 N–H and O–H groups in total. The van der Waals surface area contributed by atoms with Crippen LogP contribution >= 0.6 is 0 Å². The maximum Gasteiger partial charge on any atom is 0.451 e. The minimum absolute atomic E-state index is 0.156. The van der Waals surface area contributed by atoms with Crippen molar-refractivity contribution in [2.75, 3.05) is 7.05 Å². The molecule has 0 bridgehead atoms. The first-order valence-electron chi connectivity index (χ1n) is 7.67. The molecule has 126 valence electrons. The van der Waals surface area contributed by atoms with Crippen molar-refractivity contribution in [3.05, 3.63) is 34.6 Å². The third-order valence-corrected chi connectivity index (χ3v) is 4.69. The molecular weight excluding hydrogens is 302 g/mol. The predicted molar refractivity (Wildman–Crippen MR) is 84.1 cm³/mol. The van der Waals surface area contributed by atoms with Crippen molar-refractivity contribution in [3.63, 3.8) is 0 Å². The number of halogens is 1. The summed E-state index contributed by atoms with van der Waals surface area (Å²) in [5.74, 6) is -2.07. The number of likely N-dealkylation sites (N-methyl/N-ethyl adjacent to an activating group) is 1. The molecule has 0 fully saturated rings. The van der Waals surface area contributed by atoms with Crippen LogP contribution < -0.4 is 11.1 Å². The monoisotopic (exact) mass is 324 g/mol. The highest BCUT2D eigenvalue weighted by atomic mass is 19.1. The Morgan fingerprint density at radius 3 is 2.74 bits per heavy atom. The molecule has 1 aromatic carbocycles. The summed E-state index contributed by atoms with van der Waals surface area (Å²) in [5, 5.41) is 30.5. The Hall–Kier alpha value is -1.48. The van der Waals surface area contributed by atoms with Gasteiger partial charge in [0.15, 0.2) is 0 Å². The molecule has 1 aliphatic rings. The van der Waals surface area contributed by atoms with Crippen LogP contribution in [0.1, 0.15) is 29.5 Å². The van der Waals surface area contributed by atoms with Crippen molar-refractivity contribution >= 4 is 13.1 Å². The third kappa shape index (κ3) is 3.12. The average molecular weight is 324 g/mol. The molecule has 0 saturated heterocycles. The van der Waals surface area contributed by atoms with Gasteiger partial charge in [0.2, 0.25) is 0 Å². The van der Waals surface area contributed by atoms with Gasteiger partial charge < -0.3 is 26.2 Å². The number of aliphatic carboxylic acids is 1. The molecule has 0 heterocycles. The molecule has 6 nitrogen and oxygen atoms in total. The van der Waals surface area contributed by atoms with E-state index in [2.05, 4.69) is 5.32 Å². The summed E-state index contributed by atoms with van der Waals surface area (Å²) in [6.45, 7) is 0.186. The topological polar surface area (TPSA) is 116 Å². The summed E-state index contributed by atoms with van der Waals surface area (Å²) < 4.78 is 14.6. The Morgan fingerprint density at radius 1 is 1.52 bits per heavy atom. The number of nitrogens with two attached hydrogens (primary N) is 1. The number of benzene rings is 1. The fourth-order valence-corrected chi connectivity index (χ4v) is 3.65. The molecule has 1 aromatic rings. The number of carbonyl (C=O) groups is 1. The highest BCUT2D eigenvalue weighted by Gasteiger charge is 2.53. The van der Waals surface area contributed by atoms with Crippen LogP contribution in [0, 0.1) is 11.7 Å². The van der Waals surface area contributed by atoms with E-state index in [4.69, 9.17) is 15.8 Å². The lowest BCUT2D eigenvalue weighted by Gasteiger charge is -2.32. The quantitative estimate of drug-likeness (QED) is 0.458. The van der Waals surface area contributed by atoms with E-state index in [0.717, 1.165) is 0 Å². The van der Waals surface area contributed by atoms with E-state index in [-0.39, 0.29) is 24.3 Å². The van der Waals surface area contributed by atoms with Crippen molar-refractivity contribution in [1.82, 2.24) is 5.32 Å². The van der Waals surface area contributed by atoms with Crippen LogP contribution in [-0.4, -0.2) is 35.3 Å². The van der Waals surface area contributed by atoms with Gasteiger partial charge in [-0.25, -0.2) is 9.18 Å². The molecule has 23 heavy (non-hydrogen) atoms. The smallest absolute Gasteiger partial charge is 0.451 e. The lowest BCUT2D eigenvalue weighted by atomic mass is 9.77. The number of fused-ring (bicyclic) bond motifs is 1. The molecular formula is C15H22BFN2O4. The molecule has 2 rings (SSSR count). The Labute approximate surface area is 134 Å². The Balaban J connectivity index is 2.42. The van der Waals surface area contributed by atoms with Gasteiger partial charge in [0.05, 0.1) is 0 Å². The van der Waals surface area contributed by atoms with Gasteiger partial charge in [0.25, 0.3) is 0 Å². The second-order valence-corrected chi connectivity index (χ2v) is 5.99. The van der Waals surface area contributed by atoms with Crippen LogP contribution in [0.3, 0.4) is 0 Å². The van der Waals surface area contributed by atoms with Crippen LogP contribution in [-0.2, 0) is 23.3 Å². The van der Waals surface area contributed by atoms with Crippen LogP contribution in [0.5, 0.6) is 0 Å². The molecule has 0 spiro atoms. The van der Waals surface area contributed by atoms with Crippen molar-refractivity contribution in [2.45, 2.75) is 37.7 Å². The van der Waals surface area contributed by atoms with Crippen molar-refractivity contribution < 1.29 is 24.3 Å². The fourth-order valence-electron chi connectivity index (χ4n) is 3.65. The summed E-state index contributed by atoms with van der Waals surface area (Å²) in [6, 6.07) is 3.04. The summed E-state index contributed by atoms with van der Waals surface area (Å²) in [6.07, 6.45) is 1.45. The molecule has 0 aliphatic heterocycles. The second kappa shape index (κ2) is 6.96. The minimum Gasteiger partial charge on any atom is -0.480 e. The highest BCUT2D eigenvalue weighted by molar-refractivity contribution is 6.40. The van der Waals surface area contributed by atoms with Gasteiger partial charge in [-0.15, -0.1) is 0 Å². The number of hydrogen-bond acceptors (Lipinski definition) is 5. The zero-order chi connectivity index (χ0) is 17.2. The molecule has 0 unspecified atom stereocenters. The van der Waals surface area contributed by atoms with Crippen molar-refractivity contribution in [1.29, 1.82) is 0 Å². The van der Waals surface area contributed by atoms with E-state index in [1.165, 1.54) is 13.1 Å². The van der Waals surface area contributed by atoms with Crippen LogP contribution in [0.25, 0.3) is 0 Å². The summed E-state index contributed by atoms with van der Waals surface area (Å²) in [7, 11) is 0.0843. The summed E-state index contributed by atoms with van der Waals surface area (Å²) in [5.41, 5.74) is 5.50. The zero-order valence-electron chi connectivity index (χ0n) is 13.1. The number of carboxylic acid groups (broad SMARTS) is 1. The number of hydrogen-bond donors (Lipinski definition) is 5. The minimum atomic E-state index is -1.51. The van der Waals surface area contributed by atoms with Crippen LogP contribution in [0.2, 0.25) is 6.32 Å². The standard InChI is InChI=1S/C15H22BFN2O4/c1-19-15(14(20)21)11(3-2-4-16(22)23)7-10-5-9(8-18)6-12(17)13(10)15/h5-6,11,19,22-23H,2-4,7-8,18H2,1H3,(H,20,21)/t11-,15+/m0/s1. The van der Waals surface area contributed by atoms with Gasteiger partial charge in [-0.05, 0) is 49.3 Å². The normalized spacial score (nSPS) is 22.9. The second-order valence-electron chi connectivity index (χ2n) is 5.99. The Morgan fingerprint density at radius 2 is 2.22 bits per heavy atom. The Bertz CT molecular complexity index is 599. The van der Waals surface area contributed by atoms with Crippen molar-refractivity contribution in [3.8, 4) is 0 Å². The largest absolute Gasteiger partial charge is 0.480 e. The molecule has 1 aliphatic carbocycles. The first-order chi connectivity index (χ1) is 10.9. The van der Waals surface area contributed by atoms with Crippen LogP contribution in [0.4, 0.5) is 4.39 Å². The first kappa shape index (κ1) is 17.9. The molecule has 2 atom stereocenters. The van der Waals surface area contributed by atoms with E-state index in [1.54, 1.807) is 6.07 Å². The lowest BCUT2D eigenvalue weighted by Crippen LogP contribution is -2.51. The van der Waals surface area contributed by atoms with Gasteiger partial charge in [0.1, 0.15) is 11.4 Å². The van der Waals surface area contributed by atoms with E-state index in [1.807, 2.05) is 0 Å². The van der Waals surface area contributed by atoms with E-state index in [9.17, 15) is 14.3 Å². The number of carboxylic acids is 1. The fraction of sp³-hybridized carbons (Fsp3) is 0.533. The van der Waals surface area contributed by atoms with Gasteiger partial charge in [0, 0.05) is 12.1 Å². The summed E-state index contributed by atoms with van der Waals surface area (Å²) >= 11 is 0. The van der Waals surface area contributed by atoms with Gasteiger partial charge in [-0.2, -0.15) is 0 Å².